The van der Waals surface area contributed by atoms with Crippen LogP contribution in [0.1, 0.15) is 50.2 Å². The van der Waals surface area contributed by atoms with Crippen molar-refractivity contribution in [2.45, 2.75) is 75.1 Å². The molecular formula is C23H29FN4O6S. The molecule has 3 N–H and O–H groups in total. The van der Waals surface area contributed by atoms with Gasteiger partial charge in [0.2, 0.25) is 15.9 Å². The van der Waals surface area contributed by atoms with Crippen molar-refractivity contribution in [2.24, 2.45) is 5.92 Å². The summed E-state index contributed by atoms with van der Waals surface area (Å²) < 4.78 is 46.1. The molecule has 5 rings (SSSR count). The molecule has 3 amide bonds. The molecule has 0 unspecified atom stereocenters. The highest BCUT2D eigenvalue weighted by Gasteiger charge is 2.61. The van der Waals surface area contributed by atoms with Gasteiger partial charge in [0.05, 0.1) is 17.8 Å². The Balaban J connectivity index is 1.15. The number of fused-ring (bicyclic) bond motifs is 1. The summed E-state index contributed by atoms with van der Waals surface area (Å²) >= 11 is 0. The van der Waals surface area contributed by atoms with Crippen LogP contribution in [0.5, 0.6) is 0 Å². The van der Waals surface area contributed by atoms with E-state index < -0.39 is 50.9 Å². The van der Waals surface area contributed by atoms with Gasteiger partial charge in [-0.05, 0) is 36.8 Å². The number of halogens is 1. The number of nitrogens with one attached hydrogen (secondary N) is 3. The molecule has 2 aliphatic carbocycles. The summed E-state index contributed by atoms with van der Waals surface area (Å²) in [6.45, 7) is 2.53. The van der Waals surface area contributed by atoms with Crippen molar-refractivity contribution in [1.82, 2.24) is 20.3 Å². The van der Waals surface area contributed by atoms with E-state index >= 15 is 0 Å². The van der Waals surface area contributed by atoms with Gasteiger partial charge in [0.15, 0.2) is 0 Å². The first-order valence-corrected chi connectivity index (χ1v) is 13.5. The molecular weight excluding hydrogens is 479 g/mol. The van der Waals surface area contributed by atoms with Crippen LogP contribution in [0.3, 0.4) is 0 Å². The number of hydrogen-bond donors (Lipinski definition) is 3. The van der Waals surface area contributed by atoms with E-state index in [-0.39, 0.29) is 37.8 Å². The Hall–Kier alpha value is -2.73. The Morgan fingerprint density at radius 3 is 2.69 bits per heavy atom. The second kappa shape index (κ2) is 8.74. The van der Waals surface area contributed by atoms with Gasteiger partial charge in [0.1, 0.15) is 17.5 Å². The van der Waals surface area contributed by atoms with Gasteiger partial charge in [-0.2, -0.15) is 0 Å². The summed E-state index contributed by atoms with van der Waals surface area (Å²) in [5.41, 5.74) is -0.0188. The number of hydrogen-bond acceptors (Lipinski definition) is 7. The number of sulfonamides is 1. The number of rotatable bonds is 7. The lowest BCUT2D eigenvalue weighted by Gasteiger charge is -2.21. The van der Waals surface area contributed by atoms with E-state index in [1.807, 2.05) is 6.92 Å². The Morgan fingerprint density at radius 2 is 2.03 bits per heavy atom. The van der Waals surface area contributed by atoms with Gasteiger partial charge < -0.3 is 15.4 Å². The molecule has 3 fully saturated rings. The standard InChI is InChI=1S/C23H29FN4O6S/c1-2-14-9-23(14,21(30)27-35(32,33)16-6-7-16)26-20(29)19-8-15(10-25-19)34-22(31)28-11-13-4-3-5-18(24)17(13)12-28/h3-5,14-16,19,25H,2,6-12H2,1H3,(H,26,29)(H,27,30)/t14-,15-,19+,23-/m1/s1. The maximum Gasteiger partial charge on any atom is 0.410 e. The summed E-state index contributed by atoms with van der Waals surface area (Å²) in [6.07, 6.45) is 1.12. The lowest BCUT2D eigenvalue weighted by molar-refractivity contribution is -0.130. The van der Waals surface area contributed by atoms with E-state index in [0.29, 0.717) is 31.2 Å². The highest BCUT2D eigenvalue weighted by atomic mass is 32.2. The molecule has 2 heterocycles. The number of benzene rings is 1. The highest BCUT2D eigenvalue weighted by Crippen LogP contribution is 2.46. The zero-order valence-corrected chi connectivity index (χ0v) is 20.2. The van der Waals surface area contributed by atoms with E-state index in [4.69, 9.17) is 4.74 Å². The highest BCUT2D eigenvalue weighted by molar-refractivity contribution is 7.91. The normalized spacial score (nSPS) is 29.4. The van der Waals surface area contributed by atoms with Gasteiger partial charge in [-0.25, -0.2) is 17.6 Å². The Labute approximate surface area is 203 Å². The van der Waals surface area contributed by atoms with Crippen LogP contribution >= 0.6 is 0 Å². The van der Waals surface area contributed by atoms with Crippen molar-refractivity contribution >= 4 is 27.9 Å². The third-order valence-corrected chi connectivity index (χ3v) is 9.23. The Bertz CT molecular complexity index is 1170. The number of amides is 3. The van der Waals surface area contributed by atoms with Crippen LogP contribution in [0.2, 0.25) is 0 Å². The van der Waals surface area contributed by atoms with E-state index in [2.05, 4.69) is 15.4 Å². The molecule has 0 radical (unpaired) electrons. The molecule has 1 saturated heterocycles. The fourth-order valence-corrected chi connectivity index (χ4v) is 6.38. The molecule has 2 aliphatic heterocycles. The summed E-state index contributed by atoms with van der Waals surface area (Å²) in [7, 11) is -3.72. The van der Waals surface area contributed by atoms with Crippen LogP contribution in [0.4, 0.5) is 9.18 Å². The monoisotopic (exact) mass is 508 g/mol. The van der Waals surface area contributed by atoms with Gasteiger partial charge >= 0.3 is 6.09 Å². The molecule has 10 nitrogen and oxygen atoms in total. The molecule has 190 valence electrons. The SMILES string of the molecule is CC[C@@H]1C[C@]1(NC(=O)[C@@H]1C[C@@H](OC(=O)N2Cc3cccc(F)c3C2)CN1)C(=O)NS(=O)(=O)C1CC1. The molecule has 4 atom stereocenters. The smallest absolute Gasteiger partial charge is 0.410 e. The number of ether oxygens (including phenoxy) is 1. The van der Waals surface area contributed by atoms with Crippen molar-refractivity contribution < 1.29 is 31.9 Å². The minimum absolute atomic E-state index is 0.130. The van der Waals surface area contributed by atoms with E-state index in [1.54, 1.807) is 12.1 Å². The molecule has 0 spiro atoms. The second-order valence-electron chi connectivity index (χ2n) is 9.88. The zero-order valence-electron chi connectivity index (χ0n) is 19.4. The molecule has 1 aromatic rings. The van der Waals surface area contributed by atoms with Crippen molar-refractivity contribution in [3.8, 4) is 0 Å². The van der Waals surface area contributed by atoms with Gasteiger partial charge in [-0.3, -0.25) is 19.2 Å². The maximum absolute atomic E-state index is 14.0. The van der Waals surface area contributed by atoms with Crippen LogP contribution in [0.25, 0.3) is 0 Å². The van der Waals surface area contributed by atoms with Gasteiger partial charge in [-0.1, -0.05) is 25.5 Å². The lowest BCUT2D eigenvalue weighted by Crippen LogP contribution is -2.55. The first-order chi connectivity index (χ1) is 16.6. The fourth-order valence-electron chi connectivity index (χ4n) is 5.02. The van der Waals surface area contributed by atoms with Crippen molar-refractivity contribution in [3.05, 3.63) is 35.1 Å². The minimum atomic E-state index is -3.72. The lowest BCUT2D eigenvalue weighted by atomic mass is 10.1. The number of carbonyl (C=O) groups is 3. The average molecular weight is 509 g/mol. The van der Waals surface area contributed by atoms with Gasteiger partial charge in [-0.15, -0.1) is 0 Å². The average Bonchev–Trinajstić information content (AvgIpc) is 3.69. The van der Waals surface area contributed by atoms with E-state index in [9.17, 15) is 27.2 Å². The van der Waals surface area contributed by atoms with E-state index in [0.717, 1.165) is 5.56 Å². The van der Waals surface area contributed by atoms with Crippen LogP contribution in [0.15, 0.2) is 18.2 Å². The zero-order chi connectivity index (χ0) is 25.0. The quantitative estimate of drug-likeness (QED) is 0.498. The largest absolute Gasteiger partial charge is 0.445 e. The Morgan fingerprint density at radius 1 is 1.26 bits per heavy atom. The predicted molar refractivity (Wildman–Crippen MR) is 122 cm³/mol. The first kappa shape index (κ1) is 24.0. The third kappa shape index (κ3) is 4.61. The molecule has 4 aliphatic rings. The summed E-state index contributed by atoms with van der Waals surface area (Å²) in [4.78, 5) is 39.8. The third-order valence-electron chi connectivity index (χ3n) is 7.41. The molecule has 0 bridgehead atoms. The van der Waals surface area contributed by atoms with Gasteiger partial charge in [0.25, 0.3) is 5.91 Å². The van der Waals surface area contributed by atoms with Crippen LogP contribution < -0.4 is 15.4 Å². The van der Waals surface area contributed by atoms with Crippen LogP contribution in [-0.2, 0) is 37.4 Å². The van der Waals surface area contributed by atoms with Crippen molar-refractivity contribution in [3.63, 3.8) is 0 Å². The summed E-state index contributed by atoms with van der Waals surface area (Å²) in [5.74, 6) is -1.63. The molecule has 0 aromatic heterocycles. The maximum atomic E-state index is 14.0. The first-order valence-electron chi connectivity index (χ1n) is 12.0. The number of nitrogens with zero attached hydrogens (tertiary/aromatic N) is 1. The summed E-state index contributed by atoms with van der Waals surface area (Å²) in [5, 5.41) is 5.24. The van der Waals surface area contributed by atoms with Crippen LogP contribution in [-0.4, -0.2) is 60.7 Å². The second-order valence-corrected chi connectivity index (χ2v) is 11.8. The molecule has 35 heavy (non-hydrogen) atoms. The minimum Gasteiger partial charge on any atom is -0.445 e. The predicted octanol–water partition coefficient (Wildman–Crippen LogP) is 0.902. The summed E-state index contributed by atoms with van der Waals surface area (Å²) in [6, 6.07) is 4.04. The fraction of sp³-hybridized carbons (Fsp3) is 0.609. The van der Waals surface area contributed by atoms with Crippen LogP contribution in [0, 0.1) is 11.7 Å². The van der Waals surface area contributed by atoms with Crippen molar-refractivity contribution in [1.29, 1.82) is 0 Å². The number of carbonyl (C=O) groups excluding carboxylic acids is 3. The molecule has 12 heteroatoms. The molecule has 2 saturated carbocycles. The topological polar surface area (TPSA) is 134 Å². The molecule has 1 aromatic carbocycles. The van der Waals surface area contributed by atoms with Gasteiger partial charge in [0, 0.05) is 25.1 Å². The van der Waals surface area contributed by atoms with E-state index in [1.165, 1.54) is 11.0 Å². The Kier molecular flexibility index (Phi) is 5.99. The van der Waals surface area contributed by atoms with Crippen molar-refractivity contribution in [2.75, 3.05) is 6.54 Å².